The van der Waals surface area contributed by atoms with Gasteiger partial charge in [-0.2, -0.15) is 5.10 Å². The van der Waals surface area contributed by atoms with Gasteiger partial charge >= 0.3 is 6.09 Å². The quantitative estimate of drug-likeness (QED) is 0.247. The zero-order valence-corrected chi connectivity index (χ0v) is 26.9. The van der Waals surface area contributed by atoms with E-state index in [1.165, 1.54) is 0 Å². The van der Waals surface area contributed by atoms with Gasteiger partial charge in [-0.3, -0.25) is 4.68 Å². The molecule has 42 heavy (non-hydrogen) atoms. The van der Waals surface area contributed by atoms with Gasteiger partial charge in [-0.1, -0.05) is 6.07 Å². The van der Waals surface area contributed by atoms with E-state index in [4.69, 9.17) is 9.72 Å². The number of rotatable bonds is 9. The van der Waals surface area contributed by atoms with Gasteiger partial charge in [0, 0.05) is 41.0 Å². The molecule has 0 spiro atoms. The zero-order valence-electron chi connectivity index (χ0n) is 25.2. The fraction of sp³-hybridized carbons (Fsp3) is 0.567. The molecule has 2 saturated carbocycles. The van der Waals surface area contributed by atoms with Crippen molar-refractivity contribution in [2.75, 3.05) is 5.32 Å². The number of ether oxygens (including phenoxy) is 1. The molecule has 2 aromatic heterocycles. The highest BCUT2D eigenvalue weighted by atomic mass is 32.2. The molecule has 2 aliphatic carbocycles. The highest BCUT2D eigenvalue weighted by Gasteiger charge is 2.30. The minimum Gasteiger partial charge on any atom is -0.447 e. The minimum absolute atomic E-state index is 0.0870. The standard InChI is InChI=1S/C30H42N6O4S2/c1-18(2)40-29(37)33-21-9-7-20(8-10-21)28-31-19(3)27(41-28)24-14-11-22(17-25(24)42(38,39)35-30(4,5)6)32-26-15-16-36(34-26)23-12-13-23/h11,14-18,20-21,23,35H,7-10,12-13H2,1-6H3,(H,32,34)(H,33,37). The number of nitrogens with one attached hydrogen (secondary N) is 3. The smallest absolute Gasteiger partial charge is 0.407 e. The number of hydrogen-bond donors (Lipinski definition) is 3. The van der Waals surface area contributed by atoms with Crippen LogP contribution in [0.5, 0.6) is 0 Å². The van der Waals surface area contributed by atoms with E-state index in [1.807, 2.05) is 70.6 Å². The Kier molecular flexibility index (Phi) is 8.69. The normalized spacial score (nSPS) is 19.6. The number of sulfonamides is 1. The minimum atomic E-state index is -3.86. The van der Waals surface area contributed by atoms with Gasteiger partial charge in [0.05, 0.1) is 32.6 Å². The maximum Gasteiger partial charge on any atom is 0.407 e. The molecule has 2 heterocycles. The van der Waals surface area contributed by atoms with Gasteiger partial charge < -0.3 is 15.4 Å². The average molecular weight is 615 g/mol. The molecule has 0 radical (unpaired) electrons. The van der Waals surface area contributed by atoms with E-state index in [2.05, 4.69) is 20.5 Å². The second-order valence-corrected chi connectivity index (χ2v) is 15.4. The SMILES string of the molecule is Cc1nc(C2CCC(NC(=O)OC(C)C)CC2)sc1-c1ccc(Nc2ccn(C3CC3)n2)cc1S(=O)(=O)NC(C)(C)C. The summed E-state index contributed by atoms with van der Waals surface area (Å²) >= 11 is 1.56. The molecule has 0 atom stereocenters. The van der Waals surface area contributed by atoms with Crippen LogP contribution in [0.2, 0.25) is 0 Å². The van der Waals surface area contributed by atoms with E-state index in [9.17, 15) is 13.2 Å². The molecule has 12 heteroatoms. The van der Waals surface area contributed by atoms with E-state index in [0.29, 0.717) is 23.1 Å². The Balaban J connectivity index is 1.39. The Hall–Kier alpha value is -2.96. The lowest BCUT2D eigenvalue weighted by Gasteiger charge is -2.28. The van der Waals surface area contributed by atoms with Crippen molar-refractivity contribution in [2.45, 2.75) is 115 Å². The molecule has 3 aromatic rings. The molecule has 0 bridgehead atoms. The highest BCUT2D eigenvalue weighted by molar-refractivity contribution is 7.89. The van der Waals surface area contributed by atoms with Gasteiger partial charge in [-0.05, 0) is 92.2 Å². The second kappa shape index (κ2) is 12.0. The van der Waals surface area contributed by atoms with Crippen LogP contribution in [0.15, 0.2) is 35.4 Å². The first-order valence-corrected chi connectivity index (χ1v) is 17.0. The Morgan fingerprint density at radius 2 is 1.81 bits per heavy atom. The lowest BCUT2D eigenvalue weighted by atomic mass is 9.86. The van der Waals surface area contributed by atoms with Crippen LogP contribution >= 0.6 is 11.3 Å². The van der Waals surface area contributed by atoms with E-state index in [-0.39, 0.29) is 29.1 Å². The summed E-state index contributed by atoms with van der Waals surface area (Å²) in [7, 11) is -3.86. The van der Waals surface area contributed by atoms with Crippen molar-refractivity contribution in [3.05, 3.63) is 41.2 Å². The van der Waals surface area contributed by atoms with E-state index < -0.39 is 15.6 Å². The topological polar surface area (TPSA) is 127 Å². The van der Waals surface area contributed by atoms with Crippen molar-refractivity contribution in [1.82, 2.24) is 24.8 Å². The summed E-state index contributed by atoms with van der Waals surface area (Å²) in [6.07, 6.45) is 7.19. The van der Waals surface area contributed by atoms with E-state index >= 15 is 0 Å². The molecule has 3 N–H and O–H groups in total. The lowest BCUT2D eigenvalue weighted by molar-refractivity contribution is 0.109. The molecular weight excluding hydrogens is 573 g/mol. The van der Waals surface area contributed by atoms with Crippen molar-refractivity contribution in [1.29, 1.82) is 0 Å². The summed E-state index contributed by atoms with van der Waals surface area (Å²) in [6, 6.07) is 7.90. The third kappa shape index (κ3) is 7.51. The average Bonchev–Trinajstić information content (AvgIpc) is 3.51. The number of alkyl carbamates (subject to hydrolysis) is 1. The highest BCUT2D eigenvalue weighted by Crippen LogP contribution is 2.42. The molecule has 1 amide bonds. The third-order valence-electron chi connectivity index (χ3n) is 7.31. The van der Waals surface area contributed by atoms with Crippen LogP contribution in [0.25, 0.3) is 10.4 Å². The van der Waals surface area contributed by atoms with Crippen LogP contribution in [0.1, 0.15) is 95.8 Å². The van der Waals surface area contributed by atoms with Gasteiger partial charge in [0.1, 0.15) is 0 Å². The number of hydrogen-bond acceptors (Lipinski definition) is 8. The van der Waals surface area contributed by atoms with Crippen molar-refractivity contribution >= 4 is 39.0 Å². The maximum atomic E-state index is 13.7. The van der Waals surface area contributed by atoms with Gasteiger partial charge in [0.25, 0.3) is 0 Å². The fourth-order valence-corrected chi connectivity index (χ4v) is 8.30. The second-order valence-electron chi connectivity index (χ2n) is 12.7. The molecule has 2 fully saturated rings. The number of aryl methyl sites for hydroxylation is 1. The summed E-state index contributed by atoms with van der Waals surface area (Å²) in [6.45, 7) is 11.1. The number of nitrogens with zero attached hydrogens (tertiary/aromatic N) is 3. The number of carbonyl (C=O) groups excluding carboxylic acids is 1. The summed E-state index contributed by atoms with van der Waals surface area (Å²) in [5, 5.41) is 11.9. The Bertz CT molecular complexity index is 1530. The summed E-state index contributed by atoms with van der Waals surface area (Å²) in [5.41, 5.74) is 1.45. The summed E-state index contributed by atoms with van der Waals surface area (Å²) in [5.74, 6) is 0.942. The van der Waals surface area contributed by atoms with Crippen LogP contribution in [-0.2, 0) is 14.8 Å². The van der Waals surface area contributed by atoms with Crippen molar-refractivity contribution < 1.29 is 17.9 Å². The number of anilines is 2. The molecular formula is C30H42N6O4S2. The number of amides is 1. The molecule has 0 saturated heterocycles. The van der Waals surface area contributed by atoms with Gasteiger partial charge in [0.2, 0.25) is 10.0 Å². The first kappa shape index (κ1) is 30.5. The molecule has 0 unspecified atom stereocenters. The van der Waals surface area contributed by atoms with Crippen LogP contribution in [0, 0.1) is 6.92 Å². The Morgan fingerprint density at radius 3 is 2.45 bits per heavy atom. The Labute approximate surface area is 252 Å². The van der Waals surface area contributed by atoms with Crippen LogP contribution in [0.4, 0.5) is 16.3 Å². The lowest BCUT2D eigenvalue weighted by Crippen LogP contribution is -2.40. The molecule has 1 aromatic carbocycles. The largest absolute Gasteiger partial charge is 0.447 e. The number of benzene rings is 1. The first-order valence-electron chi connectivity index (χ1n) is 14.7. The van der Waals surface area contributed by atoms with Crippen LogP contribution < -0.4 is 15.4 Å². The van der Waals surface area contributed by atoms with E-state index in [0.717, 1.165) is 54.1 Å². The molecule has 228 valence electrons. The van der Waals surface area contributed by atoms with Gasteiger partial charge in [-0.15, -0.1) is 11.3 Å². The molecule has 10 nitrogen and oxygen atoms in total. The summed E-state index contributed by atoms with van der Waals surface area (Å²) in [4.78, 5) is 18.0. The molecule has 5 rings (SSSR count). The van der Waals surface area contributed by atoms with Gasteiger partial charge in [0.15, 0.2) is 5.82 Å². The third-order valence-corrected chi connectivity index (χ3v) is 10.5. The van der Waals surface area contributed by atoms with Crippen molar-refractivity contribution in [3.8, 4) is 10.4 Å². The number of thiazole rings is 1. The summed E-state index contributed by atoms with van der Waals surface area (Å²) < 4.78 is 37.5. The molecule has 2 aliphatic rings. The fourth-order valence-electron chi connectivity index (χ4n) is 5.30. The van der Waals surface area contributed by atoms with Crippen LogP contribution in [0.3, 0.4) is 0 Å². The predicted octanol–water partition coefficient (Wildman–Crippen LogP) is 6.63. The van der Waals surface area contributed by atoms with Crippen LogP contribution in [-0.4, -0.2) is 47.0 Å². The predicted molar refractivity (Wildman–Crippen MR) is 166 cm³/mol. The monoisotopic (exact) mass is 614 g/mol. The molecule has 0 aliphatic heterocycles. The Morgan fingerprint density at radius 1 is 1.10 bits per heavy atom. The van der Waals surface area contributed by atoms with Gasteiger partial charge in [-0.25, -0.2) is 22.9 Å². The van der Waals surface area contributed by atoms with Crippen molar-refractivity contribution in [3.63, 3.8) is 0 Å². The maximum absolute atomic E-state index is 13.7. The number of carbonyl (C=O) groups is 1. The van der Waals surface area contributed by atoms with E-state index in [1.54, 1.807) is 17.4 Å². The zero-order chi connectivity index (χ0) is 30.2. The first-order chi connectivity index (χ1) is 19.8. The number of aromatic nitrogens is 3. The van der Waals surface area contributed by atoms with Crippen molar-refractivity contribution in [2.24, 2.45) is 0 Å².